The fourth-order valence-electron chi connectivity index (χ4n) is 7.54. The number of rotatable bonds is 5. The average molecular weight is 558 g/mol. The summed E-state index contributed by atoms with van der Waals surface area (Å²) in [6, 6.07) is 9.14. The predicted octanol–water partition coefficient (Wildman–Crippen LogP) is 6.05. The maximum absolute atomic E-state index is 12.9. The number of aromatic amines is 1. The van der Waals surface area contributed by atoms with E-state index in [1.807, 2.05) is 27.0 Å². The summed E-state index contributed by atoms with van der Waals surface area (Å²) < 4.78 is 13.1. The first-order valence-corrected chi connectivity index (χ1v) is 15.4. The molecule has 2 saturated carbocycles. The van der Waals surface area contributed by atoms with Crippen LogP contribution in [0.3, 0.4) is 0 Å². The lowest BCUT2D eigenvalue weighted by atomic mass is 9.72. The smallest absolute Gasteiger partial charge is 0.407 e. The zero-order valence-corrected chi connectivity index (χ0v) is 24.8. The summed E-state index contributed by atoms with van der Waals surface area (Å²) in [6.45, 7) is 6.21. The van der Waals surface area contributed by atoms with Gasteiger partial charge in [0.15, 0.2) is 0 Å². The summed E-state index contributed by atoms with van der Waals surface area (Å²) in [5, 5.41) is 6.21. The first kappa shape index (κ1) is 27.7. The zero-order valence-electron chi connectivity index (χ0n) is 24.8. The molecule has 1 aromatic carbocycles. The minimum absolute atomic E-state index is 0.178. The van der Waals surface area contributed by atoms with Crippen LogP contribution in [0, 0.1) is 5.92 Å². The monoisotopic (exact) mass is 557 g/mol. The molecule has 0 spiro atoms. The van der Waals surface area contributed by atoms with Crippen molar-refractivity contribution in [3.8, 4) is 0 Å². The number of para-hydroxylation sites is 1. The second-order valence-electron chi connectivity index (χ2n) is 13.0. The van der Waals surface area contributed by atoms with E-state index in [1.165, 1.54) is 66.9 Å². The summed E-state index contributed by atoms with van der Waals surface area (Å²) in [5.74, 6) is 0.756. The van der Waals surface area contributed by atoms with Gasteiger partial charge in [-0.15, -0.1) is 0 Å². The summed E-state index contributed by atoms with van der Waals surface area (Å²) >= 11 is 0. The minimum Gasteiger partial charge on any atom is -0.465 e. The van der Waals surface area contributed by atoms with Crippen LogP contribution in [0.2, 0.25) is 0 Å². The number of amides is 1. The highest BCUT2D eigenvalue weighted by molar-refractivity contribution is 5.92. The van der Waals surface area contributed by atoms with Crippen molar-refractivity contribution in [2.24, 2.45) is 5.92 Å². The maximum Gasteiger partial charge on any atom is 0.407 e. The number of hydrogen-bond acceptors (Lipinski definition) is 4. The van der Waals surface area contributed by atoms with Gasteiger partial charge >= 0.3 is 12.1 Å². The molecule has 0 saturated heterocycles. The number of nitrogens with one attached hydrogen (secondary N) is 2. The number of aromatic nitrogens is 2. The number of nitrogens with zero attached hydrogens (tertiary/aromatic N) is 1. The molecule has 2 aliphatic carbocycles. The van der Waals surface area contributed by atoms with E-state index in [4.69, 9.17) is 9.47 Å². The lowest BCUT2D eigenvalue weighted by Crippen LogP contribution is -2.35. The van der Waals surface area contributed by atoms with E-state index in [2.05, 4.69) is 45.3 Å². The third-order valence-corrected chi connectivity index (χ3v) is 9.24. The van der Waals surface area contributed by atoms with E-state index in [9.17, 15) is 9.59 Å². The molecule has 3 heterocycles. The van der Waals surface area contributed by atoms with E-state index >= 15 is 0 Å². The minimum atomic E-state index is -0.522. The van der Waals surface area contributed by atoms with Crippen LogP contribution in [0.4, 0.5) is 4.79 Å². The van der Waals surface area contributed by atoms with E-state index < -0.39 is 5.60 Å². The van der Waals surface area contributed by atoms with Crippen molar-refractivity contribution in [1.82, 2.24) is 14.9 Å². The Morgan fingerprint density at radius 3 is 2.66 bits per heavy atom. The number of fused-ring (bicyclic) bond motifs is 6. The van der Waals surface area contributed by atoms with Crippen molar-refractivity contribution in [3.63, 3.8) is 0 Å². The summed E-state index contributed by atoms with van der Waals surface area (Å²) in [7, 11) is 1.44. The van der Waals surface area contributed by atoms with Crippen molar-refractivity contribution in [3.05, 3.63) is 57.9 Å². The Labute approximate surface area is 242 Å². The number of esters is 1. The molecule has 1 amide bonds. The Kier molecular flexibility index (Phi) is 7.47. The summed E-state index contributed by atoms with van der Waals surface area (Å²) in [6.07, 6.45) is 13.9. The SMILES string of the molecule is COC(=O)c1c[nH]c2c1=Cn1c(cc3cccc(C4CCCCC4)c31)C1C=2CCCC1CCNC(=O)OC(C)(C)C. The Balaban J connectivity index is 1.47. The Morgan fingerprint density at radius 2 is 1.90 bits per heavy atom. The number of hydrogen-bond donors (Lipinski definition) is 2. The average Bonchev–Trinajstić information content (AvgIpc) is 3.50. The number of methoxy groups -OCH3 is 1. The van der Waals surface area contributed by atoms with Crippen LogP contribution in [0.15, 0.2) is 30.5 Å². The molecule has 7 nitrogen and oxygen atoms in total. The van der Waals surface area contributed by atoms with Gasteiger partial charge in [0.25, 0.3) is 0 Å². The molecule has 6 rings (SSSR count). The van der Waals surface area contributed by atoms with Crippen LogP contribution >= 0.6 is 0 Å². The molecule has 41 heavy (non-hydrogen) atoms. The highest BCUT2D eigenvalue weighted by atomic mass is 16.6. The fraction of sp³-hybridized carbons (Fsp3) is 0.529. The van der Waals surface area contributed by atoms with Crippen LogP contribution in [0.25, 0.3) is 22.7 Å². The van der Waals surface area contributed by atoms with Crippen LogP contribution < -0.4 is 15.9 Å². The van der Waals surface area contributed by atoms with Crippen molar-refractivity contribution >= 4 is 34.7 Å². The largest absolute Gasteiger partial charge is 0.465 e. The van der Waals surface area contributed by atoms with E-state index in [0.717, 1.165) is 36.3 Å². The first-order chi connectivity index (χ1) is 19.7. The molecule has 7 heteroatoms. The van der Waals surface area contributed by atoms with Crippen molar-refractivity contribution in [2.45, 2.75) is 96.0 Å². The highest BCUT2D eigenvalue weighted by Crippen LogP contribution is 2.47. The Hall–Kier alpha value is -3.48. The van der Waals surface area contributed by atoms with E-state index in [-0.39, 0.29) is 18.0 Å². The van der Waals surface area contributed by atoms with E-state index in [1.54, 1.807) is 0 Å². The second kappa shape index (κ2) is 11.1. The number of alkyl carbamates (subject to hydrolysis) is 1. The number of ether oxygens (including phenoxy) is 2. The summed E-state index contributed by atoms with van der Waals surface area (Å²) in [4.78, 5) is 28.8. The molecule has 0 radical (unpaired) electrons. The third kappa shape index (κ3) is 5.31. The Morgan fingerprint density at radius 1 is 1.10 bits per heavy atom. The number of carbonyl (C=O) groups is 2. The van der Waals surface area contributed by atoms with Gasteiger partial charge < -0.3 is 24.3 Å². The quantitative estimate of drug-likeness (QED) is 0.374. The molecular formula is C34H43N3O4. The molecule has 2 atom stereocenters. The number of benzene rings is 1. The van der Waals surface area contributed by atoms with Gasteiger partial charge in [0.05, 0.1) is 18.2 Å². The van der Waals surface area contributed by atoms with Crippen LogP contribution in [0.1, 0.15) is 112 Å². The van der Waals surface area contributed by atoms with Crippen molar-refractivity contribution in [2.75, 3.05) is 13.7 Å². The van der Waals surface area contributed by atoms with Crippen molar-refractivity contribution in [1.29, 1.82) is 0 Å². The predicted molar refractivity (Wildman–Crippen MR) is 161 cm³/mol. The fourth-order valence-corrected chi connectivity index (χ4v) is 7.54. The molecule has 0 bridgehead atoms. The summed E-state index contributed by atoms with van der Waals surface area (Å²) in [5.41, 5.74) is 5.37. The standard InChI is InChI=1S/C34H43N3O4/c1-34(2,3)41-33(39)35-17-16-22-12-8-15-25-29(22)28-18-23-13-9-14-24(21-10-6-5-7-11-21)31(23)37(28)20-27-26(32(38)40-4)19-36-30(25)27/h9,13-14,18-22,29,36H,5-8,10-12,15-17H2,1-4H3,(H,35,39). The van der Waals surface area contributed by atoms with Gasteiger partial charge in [-0.05, 0) is 88.3 Å². The van der Waals surface area contributed by atoms with Gasteiger partial charge in [0.2, 0.25) is 0 Å². The topological polar surface area (TPSA) is 85.4 Å². The van der Waals surface area contributed by atoms with Crippen LogP contribution in [-0.4, -0.2) is 40.9 Å². The molecule has 3 aliphatic rings. The molecule has 1 aliphatic heterocycles. The third-order valence-electron chi connectivity index (χ3n) is 9.24. The molecule has 2 N–H and O–H groups in total. The lowest BCUT2D eigenvalue weighted by Gasteiger charge is -2.34. The highest BCUT2D eigenvalue weighted by Gasteiger charge is 2.36. The van der Waals surface area contributed by atoms with Crippen LogP contribution in [0.5, 0.6) is 0 Å². The molecule has 2 aromatic heterocycles. The molecule has 2 unspecified atom stereocenters. The molecule has 218 valence electrons. The maximum atomic E-state index is 12.9. The zero-order chi connectivity index (χ0) is 28.7. The van der Waals surface area contributed by atoms with Gasteiger partial charge in [-0.1, -0.05) is 37.5 Å². The molecule has 3 aromatic rings. The van der Waals surface area contributed by atoms with E-state index in [0.29, 0.717) is 23.9 Å². The second-order valence-corrected chi connectivity index (χ2v) is 13.0. The van der Waals surface area contributed by atoms with Crippen LogP contribution in [-0.2, 0) is 9.47 Å². The lowest BCUT2D eigenvalue weighted by molar-refractivity contribution is 0.0523. The van der Waals surface area contributed by atoms with Gasteiger partial charge in [-0.25, -0.2) is 9.59 Å². The number of carbonyl (C=O) groups excluding carboxylic acids is 2. The number of H-pyrrole nitrogens is 1. The van der Waals surface area contributed by atoms with Gasteiger partial charge in [-0.3, -0.25) is 0 Å². The van der Waals surface area contributed by atoms with Gasteiger partial charge in [0.1, 0.15) is 5.60 Å². The molecular weight excluding hydrogens is 514 g/mol. The van der Waals surface area contributed by atoms with Crippen molar-refractivity contribution < 1.29 is 19.1 Å². The Bertz CT molecular complexity index is 1580. The van der Waals surface area contributed by atoms with Gasteiger partial charge in [0, 0.05) is 46.5 Å². The first-order valence-electron chi connectivity index (χ1n) is 15.4. The van der Waals surface area contributed by atoms with Gasteiger partial charge in [-0.2, -0.15) is 0 Å². The normalized spacial score (nSPS) is 20.8. The molecule has 2 fully saturated rings.